The van der Waals surface area contributed by atoms with E-state index in [0.29, 0.717) is 17.3 Å². The summed E-state index contributed by atoms with van der Waals surface area (Å²) in [7, 11) is 0. The molecule has 3 N–H and O–H groups in total. The average Bonchev–Trinajstić information content (AvgIpc) is 2.35. The minimum atomic E-state index is 0.0133. The number of anilines is 1. The van der Waals surface area contributed by atoms with Crippen molar-refractivity contribution in [2.45, 2.75) is 45.6 Å². The molecule has 0 aromatic heterocycles. The number of benzene rings is 1. The lowest BCUT2D eigenvalue weighted by Gasteiger charge is -2.27. The van der Waals surface area contributed by atoms with Gasteiger partial charge in [0.05, 0.1) is 0 Å². The molecule has 1 saturated carbocycles. The Morgan fingerprint density at radius 2 is 1.94 bits per heavy atom. The average molecular weight is 246 g/mol. The lowest BCUT2D eigenvalue weighted by atomic mass is 9.87. The molecule has 0 atom stereocenters. The quantitative estimate of drug-likeness (QED) is 0.788. The first-order valence-electron chi connectivity index (χ1n) is 6.74. The normalized spacial score (nSPS) is 23.7. The Morgan fingerprint density at radius 1 is 1.28 bits per heavy atom. The summed E-state index contributed by atoms with van der Waals surface area (Å²) in [5, 5.41) is 3.13. The zero-order valence-electron chi connectivity index (χ0n) is 11.2. The van der Waals surface area contributed by atoms with E-state index >= 15 is 0 Å². The Balaban J connectivity index is 2.01. The highest BCUT2D eigenvalue weighted by atomic mass is 16.1. The van der Waals surface area contributed by atoms with Crippen molar-refractivity contribution in [3.8, 4) is 0 Å². The van der Waals surface area contributed by atoms with Gasteiger partial charge in [0.15, 0.2) is 0 Å². The summed E-state index contributed by atoms with van der Waals surface area (Å²) >= 11 is 0. The van der Waals surface area contributed by atoms with E-state index in [0.717, 1.165) is 24.3 Å². The number of nitrogen functional groups attached to an aromatic ring is 1. The number of carbonyl (C=O) groups excluding carboxylic acids is 1. The van der Waals surface area contributed by atoms with Crippen LogP contribution in [0, 0.1) is 12.8 Å². The first kappa shape index (κ1) is 12.9. The highest BCUT2D eigenvalue weighted by Crippen LogP contribution is 2.24. The molecule has 0 heterocycles. The van der Waals surface area contributed by atoms with Gasteiger partial charge in [-0.3, -0.25) is 4.79 Å². The van der Waals surface area contributed by atoms with E-state index in [1.54, 1.807) is 0 Å². The second-order valence-electron chi connectivity index (χ2n) is 5.45. The summed E-state index contributed by atoms with van der Waals surface area (Å²) in [4.78, 5) is 12.2. The molecule has 1 amide bonds. The highest BCUT2D eigenvalue weighted by Gasteiger charge is 2.21. The number of rotatable bonds is 2. The van der Waals surface area contributed by atoms with Gasteiger partial charge < -0.3 is 11.1 Å². The molecule has 0 spiro atoms. The predicted molar refractivity (Wildman–Crippen MR) is 74.5 cm³/mol. The molecular weight excluding hydrogens is 224 g/mol. The summed E-state index contributed by atoms with van der Waals surface area (Å²) in [5.41, 5.74) is 8.09. The van der Waals surface area contributed by atoms with Gasteiger partial charge in [0.2, 0.25) is 0 Å². The molecule has 1 aromatic carbocycles. The zero-order chi connectivity index (χ0) is 13.1. The largest absolute Gasteiger partial charge is 0.398 e. The van der Waals surface area contributed by atoms with Crippen molar-refractivity contribution in [2.75, 3.05) is 5.73 Å². The lowest BCUT2D eigenvalue weighted by Crippen LogP contribution is -2.37. The fourth-order valence-corrected chi connectivity index (χ4v) is 2.57. The van der Waals surface area contributed by atoms with Crippen LogP contribution in [0.5, 0.6) is 0 Å². The second-order valence-corrected chi connectivity index (χ2v) is 5.45. The van der Waals surface area contributed by atoms with Crippen LogP contribution in [0.15, 0.2) is 18.2 Å². The van der Waals surface area contributed by atoms with Crippen molar-refractivity contribution in [3.63, 3.8) is 0 Å². The molecular formula is C15H22N2O. The van der Waals surface area contributed by atoms with E-state index in [4.69, 9.17) is 5.73 Å². The molecule has 0 aliphatic heterocycles. The smallest absolute Gasteiger partial charge is 0.251 e. The first-order chi connectivity index (χ1) is 8.58. The van der Waals surface area contributed by atoms with Crippen molar-refractivity contribution in [1.82, 2.24) is 5.32 Å². The fourth-order valence-electron chi connectivity index (χ4n) is 2.57. The van der Waals surface area contributed by atoms with Gasteiger partial charge in [0.25, 0.3) is 5.91 Å². The summed E-state index contributed by atoms with van der Waals surface area (Å²) in [6.07, 6.45) is 4.60. The molecule has 18 heavy (non-hydrogen) atoms. The van der Waals surface area contributed by atoms with Crippen LogP contribution in [0.3, 0.4) is 0 Å². The molecule has 1 aliphatic carbocycles. The van der Waals surface area contributed by atoms with E-state index in [9.17, 15) is 4.79 Å². The van der Waals surface area contributed by atoms with Gasteiger partial charge in [0, 0.05) is 17.3 Å². The molecule has 3 heteroatoms. The second kappa shape index (κ2) is 5.42. The van der Waals surface area contributed by atoms with Crippen LogP contribution in [-0.4, -0.2) is 11.9 Å². The van der Waals surface area contributed by atoms with E-state index in [-0.39, 0.29) is 5.91 Å². The molecule has 1 aromatic rings. The third-order valence-corrected chi connectivity index (χ3v) is 3.97. The molecule has 98 valence electrons. The molecule has 2 rings (SSSR count). The van der Waals surface area contributed by atoms with Crippen LogP contribution >= 0.6 is 0 Å². The molecule has 0 unspecified atom stereocenters. The van der Waals surface area contributed by atoms with Crippen LogP contribution in [0.1, 0.15) is 48.5 Å². The number of carbonyl (C=O) groups is 1. The van der Waals surface area contributed by atoms with Crippen molar-refractivity contribution in [3.05, 3.63) is 29.3 Å². The van der Waals surface area contributed by atoms with E-state index in [1.807, 2.05) is 25.1 Å². The van der Waals surface area contributed by atoms with Crippen LogP contribution in [0.25, 0.3) is 0 Å². The number of hydrogen-bond donors (Lipinski definition) is 2. The Bertz CT molecular complexity index is 434. The lowest BCUT2D eigenvalue weighted by molar-refractivity contribution is 0.0922. The van der Waals surface area contributed by atoms with Gasteiger partial charge >= 0.3 is 0 Å². The Hall–Kier alpha value is -1.51. The number of hydrogen-bond acceptors (Lipinski definition) is 2. The molecule has 1 aliphatic rings. The zero-order valence-corrected chi connectivity index (χ0v) is 11.2. The molecule has 1 fully saturated rings. The number of nitrogens with two attached hydrogens (primary N) is 1. The molecule has 0 radical (unpaired) electrons. The van der Waals surface area contributed by atoms with Gasteiger partial charge in [-0.25, -0.2) is 0 Å². The van der Waals surface area contributed by atoms with Crippen molar-refractivity contribution in [1.29, 1.82) is 0 Å². The molecule has 0 bridgehead atoms. The Labute approximate surface area is 109 Å². The Kier molecular flexibility index (Phi) is 3.90. The monoisotopic (exact) mass is 246 g/mol. The summed E-state index contributed by atoms with van der Waals surface area (Å²) in [5.74, 6) is 0.812. The van der Waals surface area contributed by atoms with Gasteiger partial charge in [-0.2, -0.15) is 0 Å². The van der Waals surface area contributed by atoms with E-state index < -0.39 is 0 Å². The minimum Gasteiger partial charge on any atom is -0.398 e. The summed E-state index contributed by atoms with van der Waals surface area (Å²) in [6, 6.07) is 5.83. The van der Waals surface area contributed by atoms with Gasteiger partial charge in [0.1, 0.15) is 0 Å². The topological polar surface area (TPSA) is 55.1 Å². The van der Waals surface area contributed by atoms with E-state index in [1.165, 1.54) is 12.8 Å². The number of nitrogens with one attached hydrogen (secondary N) is 1. The summed E-state index contributed by atoms with van der Waals surface area (Å²) < 4.78 is 0. The maximum absolute atomic E-state index is 12.2. The van der Waals surface area contributed by atoms with Crippen LogP contribution < -0.4 is 11.1 Å². The van der Waals surface area contributed by atoms with Gasteiger partial charge in [-0.15, -0.1) is 0 Å². The molecule has 0 saturated heterocycles. The van der Waals surface area contributed by atoms with Crippen molar-refractivity contribution in [2.24, 2.45) is 5.92 Å². The minimum absolute atomic E-state index is 0.0133. The third-order valence-electron chi connectivity index (χ3n) is 3.97. The van der Waals surface area contributed by atoms with Gasteiger partial charge in [-0.1, -0.05) is 13.0 Å². The predicted octanol–water partition coefficient (Wildman–Crippen LogP) is 2.89. The third kappa shape index (κ3) is 2.84. The highest BCUT2D eigenvalue weighted by molar-refractivity contribution is 5.97. The maximum Gasteiger partial charge on any atom is 0.251 e. The standard InChI is InChI=1S/C15H22N2O/c1-10-6-8-12(9-7-10)17-15(18)13-4-3-5-14(16)11(13)2/h3-5,10,12H,6-9,16H2,1-2H3,(H,17,18). The molecule has 3 nitrogen and oxygen atoms in total. The van der Waals surface area contributed by atoms with E-state index in [2.05, 4.69) is 12.2 Å². The van der Waals surface area contributed by atoms with Crippen molar-refractivity contribution >= 4 is 11.6 Å². The van der Waals surface area contributed by atoms with Crippen LogP contribution in [0.2, 0.25) is 0 Å². The fraction of sp³-hybridized carbons (Fsp3) is 0.533. The van der Waals surface area contributed by atoms with Crippen LogP contribution in [0.4, 0.5) is 5.69 Å². The Morgan fingerprint density at radius 3 is 2.61 bits per heavy atom. The van der Waals surface area contributed by atoms with Gasteiger partial charge in [-0.05, 0) is 56.2 Å². The summed E-state index contributed by atoms with van der Waals surface area (Å²) in [6.45, 7) is 4.17. The van der Waals surface area contributed by atoms with Crippen molar-refractivity contribution < 1.29 is 4.79 Å². The number of amides is 1. The maximum atomic E-state index is 12.2. The SMILES string of the molecule is Cc1c(N)cccc1C(=O)NC1CCC(C)CC1. The first-order valence-corrected chi connectivity index (χ1v) is 6.74. The van der Waals surface area contributed by atoms with Crippen LogP contribution in [-0.2, 0) is 0 Å².